The second-order valence-electron chi connectivity index (χ2n) is 7.22. The second-order valence-corrected chi connectivity index (χ2v) is 8.31. The van der Waals surface area contributed by atoms with Gasteiger partial charge in [0.1, 0.15) is 5.03 Å². The highest BCUT2D eigenvalue weighted by atomic mass is 32.2. The number of hydrogen-bond donors (Lipinski definition) is 3. The van der Waals surface area contributed by atoms with Crippen molar-refractivity contribution in [2.45, 2.75) is 30.7 Å². The van der Waals surface area contributed by atoms with Gasteiger partial charge in [0.25, 0.3) is 0 Å². The van der Waals surface area contributed by atoms with Crippen molar-refractivity contribution in [1.29, 1.82) is 0 Å². The summed E-state index contributed by atoms with van der Waals surface area (Å²) in [5, 5.41) is 14.3. The highest BCUT2D eigenvalue weighted by Gasteiger charge is 2.13. The van der Waals surface area contributed by atoms with Crippen LogP contribution in [0.3, 0.4) is 0 Å². The highest BCUT2D eigenvalue weighted by molar-refractivity contribution is 7.99. The van der Waals surface area contributed by atoms with Gasteiger partial charge in [0.15, 0.2) is 5.82 Å². The van der Waals surface area contributed by atoms with Crippen molar-refractivity contribution in [3.8, 4) is 11.3 Å². The molecule has 2 aromatic carbocycles. The highest BCUT2D eigenvalue weighted by Crippen LogP contribution is 2.35. The Morgan fingerprint density at radius 2 is 1.74 bits per heavy atom. The molecule has 0 atom stereocenters. The van der Waals surface area contributed by atoms with E-state index in [1.54, 1.807) is 11.8 Å². The Kier molecular flexibility index (Phi) is 6.04. The van der Waals surface area contributed by atoms with E-state index in [4.69, 9.17) is 4.98 Å². The summed E-state index contributed by atoms with van der Waals surface area (Å²) in [6.45, 7) is 5.53. The third-order valence-corrected chi connectivity index (χ3v) is 5.59. The number of hydrogen-bond acceptors (Lipinski definition) is 5. The molecule has 0 unspecified atom stereocenters. The Hall–Kier alpha value is -3.58. The van der Waals surface area contributed by atoms with Gasteiger partial charge in [0.05, 0.1) is 5.69 Å². The minimum Gasteiger partial charge on any atom is -0.338 e. The number of carbonyl (C=O) groups excluding carboxylic acids is 1. The smallest absolute Gasteiger partial charge is 0.221 e. The van der Waals surface area contributed by atoms with Crippen LogP contribution in [0.4, 0.5) is 17.2 Å². The summed E-state index contributed by atoms with van der Waals surface area (Å²) in [4.78, 5) is 17.2. The molecule has 1 amide bonds. The van der Waals surface area contributed by atoms with Crippen LogP contribution in [0.25, 0.3) is 11.3 Å². The molecule has 0 aliphatic heterocycles. The third kappa shape index (κ3) is 5.13. The lowest BCUT2D eigenvalue weighted by molar-refractivity contribution is -0.114. The second kappa shape index (κ2) is 9.06. The molecule has 0 aliphatic carbocycles. The minimum atomic E-state index is -0.0857. The molecule has 6 nitrogen and oxygen atoms in total. The van der Waals surface area contributed by atoms with E-state index in [1.807, 2.05) is 61.5 Å². The number of aryl methyl sites for hydroxylation is 1. The zero-order valence-electron chi connectivity index (χ0n) is 17.6. The SMILES string of the molecule is CC(=O)Nc1ccc(Sc2cc(Nc3cc(C)[nH]n3)c(C)c(-c3ccccc3)n2)cc1. The Bertz CT molecular complexity index is 1200. The number of benzene rings is 2. The Labute approximate surface area is 185 Å². The Morgan fingerprint density at radius 1 is 1.00 bits per heavy atom. The molecule has 0 saturated heterocycles. The molecule has 0 bridgehead atoms. The molecule has 3 N–H and O–H groups in total. The monoisotopic (exact) mass is 429 g/mol. The van der Waals surface area contributed by atoms with Crippen molar-refractivity contribution in [1.82, 2.24) is 15.2 Å². The van der Waals surface area contributed by atoms with Gasteiger partial charge in [-0.2, -0.15) is 5.10 Å². The van der Waals surface area contributed by atoms with Crippen LogP contribution in [0, 0.1) is 13.8 Å². The lowest BCUT2D eigenvalue weighted by atomic mass is 10.1. The summed E-state index contributed by atoms with van der Waals surface area (Å²) in [7, 11) is 0. The average Bonchev–Trinajstić information content (AvgIpc) is 3.16. The van der Waals surface area contributed by atoms with E-state index < -0.39 is 0 Å². The average molecular weight is 430 g/mol. The summed E-state index contributed by atoms with van der Waals surface area (Å²) in [6.07, 6.45) is 0. The normalized spacial score (nSPS) is 10.7. The van der Waals surface area contributed by atoms with Gasteiger partial charge in [-0.3, -0.25) is 9.89 Å². The number of aromatic nitrogens is 3. The van der Waals surface area contributed by atoms with Crippen LogP contribution in [0.1, 0.15) is 18.2 Å². The lowest BCUT2D eigenvalue weighted by Crippen LogP contribution is -2.05. The molecule has 7 heteroatoms. The molecule has 4 rings (SSSR count). The van der Waals surface area contributed by atoms with Gasteiger partial charge >= 0.3 is 0 Å². The number of rotatable bonds is 6. The van der Waals surface area contributed by atoms with Crippen LogP contribution in [0.5, 0.6) is 0 Å². The Balaban J connectivity index is 1.69. The summed E-state index contributed by atoms with van der Waals surface area (Å²) in [5.74, 6) is 0.679. The van der Waals surface area contributed by atoms with Gasteiger partial charge in [-0.1, -0.05) is 42.1 Å². The van der Waals surface area contributed by atoms with E-state index in [1.165, 1.54) is 6.92 Å². The lowest BCUT2D eigenvalue weighted by Gasteiger charge is -2.14. The molecule has 0 radical (unpaired) electrons. The van der Waals surface area contributed by atoms with Crippen molar-refractivity contribution in [3.05, 3.63) is 78.0 Å². The van der Waals surface area contributed by atoms with Crippen molar-refractivity contribution in [2.75, 3.05) is 10.6 Å². The predicted octanol–water partition coefficient (Wildman–Crippen LogP) is 5.94. The molecule has 4 aromatic rings. The van der Waals surface area contributed by atoms with Gasteiger partial charge in [-0.15, -0.1) is 0 Å². The van der Waals surface area contributed by atoms with Crippen LogP contribution >= 0.6 is 11.8 Å². The number of aromatic amines is 1. The standard InChI is InChI=1S/C24H23N5OS/c1-15-13-22(29-28-15)26-21-14-23(27-24(16(21)2)18-7-5-4-6-8-18)31-20-11-9-19(10-12-20)25-17(3)30/h4-14H,1-3H3,(H,25,30)(H2,26,27,28,29). The minimum absolute atomic E-state index is 0.0857. The molecule has 0 fully saturated rings. The molecule has 0 spiro atoms. The Morgan fingerprint density at radius 3 is 2.39 bits per heavy atom. The molecular weight excluding hydrogens is 406 g/mol. The van der Waals surface area contributed by atoms with Gasteiger partial charge in [-0.25, -0.2) is 4.98 Å². The maximum Gasteiger partial charge on any atom is 0.221 e. The first kappa shape index (κ1) is 20.7. The summed E-state index contributed by atoms with van der Waals surface area (Å²) in [6, 6.07) is 21.9. The molecular formula is C24H23N5OS. The number of nitrogens with zero attached hydrogens (tertiary/aromatic N) is 2. The van der Waals surface area contributed by atoms with Gasteiger partial charge in [0, 0.05) is 40.5 Å². The summed E-state index contributed by atoms with van der Waals surface area (Å²) in [5.41, 5.74) is 5.76. The van der Waals surface area contributed by atoms with E-state index >= 15 is 0 Å². The van der Waals surface area contributed by atoms with Gasteiger partial charge in [0.2, 0.25) is 5.91 Å². The fourth-order valence-corrected chi connectivity index (χ4v) is 4.02. The van der Waals surface area contributed by atoms with E-state index in [0.29, 0.717) is 0 Å². The molecule has 156 valence electrons. The first-order valence-electron chi connectivity index (χ1n) is 9.89. The van der Waals surface area contributed by atoms with Crippen molar-refractivity contribution in [2.24, 2.45) is 0 Å². The number of carbonyl (C=O) groups is 1. The number of amides is 1. The van der Waals surface area contributed by atoms with Crippen LogP contribution in [-0.2, 0) is 4.79 Å². The van der Waals surface area contributed by atoms with E-state index in [9.17, 15) is 4.79 Å². The maximum atomic E-state index is 11.2. The quantitative estimate of drug-likeness (QED) is 0.353. The molecule has 2 heterocycles. The van der Waals surface area contributed by atoms with E-state index in [2.05, 4.69) is 39.9 Å². The molecule has 0 saturated carbocycles. The van der Waals surface area contributed by atoms with Gasteiger partial charge < -0.3 is 10.6 Å². The largest absolute Gasteiger partial charge is 0.338 e. The topological polar surface area (TPSA) is 82.7 Å². The van der Waals surface area contributed by atoms with Crippen LogP contribution < -0.4 is 10.6 Å². The fourth-order valence-electron chi connectivity index (χ4n) is 3.20. The van der Waals surface area contributed by atoms with E-state index in [-0.39, 0.29) is 5.91 Å². The predicted molar refractivity (Wildman–Crippen MR) is 126 cm³/mol. The fraction of sp³-hybridized carbons (Fsp3) is 0.125. The number of pyridine rings is 1. The van der Waals surface area contributed by atoms with E-state index in [0.717, 1.165) is 49.6 Å². The van der Waals surface area contributed by atoms with Crippen LogP contribution in [0.15, 0.2) is 76.7 Å². The number of nitrogens with one attached hydrogen (secondary N) is 3. The summed E-state index contributed by atoms with van der Waals surface area (Å²) >= 11 is 1.57. The van der Waals surface area contributed by atoms with Crippen molar-refractivity contribution < 1.29 is 4.79 Å². The summed E-state index contributed by atoms with van der Waals surface area (Å²) < 4.78 is 0. The number of H-pyrrole nitrogens is 1. The zero-order chi connectivity index (χ0) is 21.8. The van der Waals surface area contributed by atoms with Crippen LogP contribution in [0.2, 0.25) is 0 Å². The zero-order valence-corrected chi connectivity index (χ0v) is 18.4. The maximum absolute atomic E-state index is 11.2. The first-order chi connectivity index (χ1) is 15.0. The van der Waals surface area contributed by atoms with Crippen LogP contribution in [-0.4, -0.2) is 21.1 Å². The van der Waals surface area contributed by atoms with Crippen molar-refractivity contribution >= 4 is 34.9 Å². The number of anilines is 3. The first-order valence-corrected chi connectivity index (χ1v) is 10.7. The van der Waals surface area contributed by atoms with Crippen molar-refractivity contribution in [3.63, 3.8) is 0 Å². The molecule has 31 heavy (non-hydrogen) atoms. The third-order valence-electron chi connectivity index (χ3n) is 4.66. The molecule has 0 aliphatic rings. The molecule has 2 aromatic heterocycles. The van der Waals surface area contributed by atoms with Gasteiger partial charge in [-0.05, 0) is 49.7 Å².